The summed E-state index contributed by atoms with van der Waals surface area (Å²) in [6, 6.07) is 21.9. The van der Waals surface area contributed by atoms with Gasteiger partial charge in [-0.15, -0.1) is 0 Å². The molecule has 1 saturated heterocycles. The maximum absolute atomic E-state index is 15.0. The Kier molecular flexibility index (Phi) is 9.03. The number of sulfonamides is 1. The molecular weight excluding hydrogens is 634 g/mol. The summed E-state index contributed by atoms with van der Waals surface area (Å²) < 4.78 is 47.3. The number of nitrogens with one attached hydrogen (secondary N) is 1. The molecule has 0 spiro atoms. The van der Waals surface area contributed by atoms with Crippen molar-refractivity contribution in [3.05, 3.63) is 107 Å². The molecule has 48 heavy (non-hydrogen) atoms. The number of aromatic nitrogens is 1. The molecule has 1 atom stereocenters. The second-order valence-electron chi connectivity index (χ2n) is 10.9. The summed E-state index contributed by atoms with van der Waals surface area (Å²) >= 11 is 0. The minimum Gasteiger partial charge on any atom is -0.492 e. The van der Waals surface area contributed by atoms with Gasteiger partial charge in [0.2, 0.25) is 11.5 Å². The standard InChI is InChI=1S/C35H33N5O7S/c1-3-45-30-9-5-6-10-31(30)48(43,44)40-29-16-11-24(23-36)22-28(29)35(34(40)42,27-8-7-17-38-32(27)46-4-2)47-33(41)25-12-14-26(15-13-25)39-20-18-37-19-21-39/h5-17,22,37H,3-4,18-21H2,1-2H3. The highest BCUT2D eigenvalue weighted by atomic mass is 32.2. The first-order valence-electron chi connectivity index (χ1n) is 15.5. The fourth-order valence-electron chi connectivity index (χ4n) is 5.96. The molecule has 1 fully saturated rings. The van der Waals surface area contributed by atoms with Crippen LogP contribution in [0.4, 0.5) is 11.4 Å². The third-order valence-electron chi connectivity index (χ3n) is 8.14. The normalized spacial score (nSPS) is 17.4. The third kappa shape index (κ3) is 5.59. The number of esters is 1. The van der Waals surface area contributed by atoms with Crippen molar-refractivity contribution >= 4 is 33.3 Å². The summed E-state index contributed by atoms with van der Waals surface area (Å²) in [6.07, 6.45) is 1.44. The van der Waals surface area contributed by atoms with Crippen molar-refractivity contribution in [1.82, 2.24) is 10.3 Å². The third-order valence-corrected chi connectivity index (χ3v) is 9.88. The first kappa shape index (κ1) is 32.5. The maximum Gasteiger partial charge on any atom is 0.339 e. The molecule has 1 unspecified atom stereocenters. The number of benzene rings is 3. The van der Waals surface area contributed by atoms with E-state index in [1.165, 1.54) is 54.7 Å². The summed E-state index contributed by atoms with van der Waals surface area (Å²) in [7, 11) is -4.68. The Morgan fingerprint density at radius 2 is 1.69 bits per heavy atom. The molecule has 2 aliphatic heterocycles. The van der Waals surface area contributed by atoms with Crippen LogP contribution in [0.2, 0.25) is 0 Å². The van der Waals surface area contributed by atoms with E-state index in [4.69, 9.17) is 14.2 Å². The Balaban J connectivity index is 1.54. The molecule has 2 aliphatic rings. The number of anilines is 2. The van der Waals surface area contributed by atoms with E-state index >= 15 is 4.79 Å². The number of hydrogen-bond acceptors (Lipinski definition) is 11. The lowest BCUT2D eigenvalue weighted by atomic mass is 9.86. The number of carbonyl (C=O) groups is 2. The second-order valence-corrected chi connectivity index (χ2v) is 12.7. The molecule has 1 aromatic heterocycles. The van der Waals surface area contributed by atoms with Crippen molar-refractivity contribution in [3.63, 3.8) is 0 Å². The van der Waals surface area contributed by atoms with E-state index in [0.717, 1.165) is 31.9 Å². The molecule has 4 aromatic rings. The first-order chi connectivity index (χ1) is 23.3. The van der Waals surface area contributed by atoms with Crippen molar-refractivity contribution in [2.24, 2.45) is 0 Å². The van der Waals surface area contributed by atoms with Crippen LogP contribution >= 0.6 is 0 Å². The molecule has 0 saturated carbocycles. The Labute approximate surface area is 278 Å². The monoisotopic (exact) mass is 667 g/mol. The zero-order valence-electron chi connectivity index (χ0n) is 26.4. The fraction of sp³-hybridized carbons (Fsp3) is 0.257. The molecule has 12 nitrogen and oxygen atoms in total. The van der Waals surface area contributed by atoms with E-state index in [9.17, 15) is 18.5 Å². The average Bonchev–Trinajstić information content (AvgIpc) is 3.36. The number of ether oxygens (including phenoxy) is 3. The van der Waals surface area contributed by atoms with Gasteiger partial charge >= 0.3 is 5.97 Å². The number of hydrogen-bond donors (Lipinski definition) is 1. The van der Waals surface area contributed by atoms with Crippen LogP contribution in [-0.4, -0.2) is 64.7 Å². The SMILES string of the molecule is CCOc1ccccc1S(=O)(=O)N1C(=O)C(OC(=O)c2ccc(N3CCNCC3)cc2)(c2cccnc2OCC)c2cc(C#N)ccc21. The number of nitrogens with zero attached hydrogens (tertiary/aromatic N) is 4. The molecule has 0 aliphatic carbocycles. The number of pyridine rings is 1. The highest BCUT2D eigenvalue weighted by Gasteiger charge is 2.61. The Morgan fingerprint density at radius 1 is 0.958 bits per heavy atom. The Bertz CT molecular complexity index is 2010. The highest BCUT2D eigenvalue weighted by Crippen LogP contribution is 2.52. The average molecular weight is 668 g/mol. The van der Waals surface area contributed by atoms with Gasteiger partial charge in [0.05, 0.1) is 41.7 Å². The van der Waals surface area contributed by atoms with Gasteiger partial charge in [-0.3, -0.25) is 4.79 Å². The summed E-state index contributed by atoms with van der Waals surface area (Å²) in [5.74, 6) is -2.02. The Morgan fingerprint density at radius 3 is 2.40 bits per heavy atom. The van der Waals surface area contributed by atoms with Gasteiger partial charge in [-0.25, -0.2) is 18.2 Å². The van der Waals surface area contributed by atoms with Crippen molar-refractivity contribution in [2.45, 2.75) is 24.3 Å². The van der Waals surface area contributed by atoms with E-state index in [-0.39, 0.29) is 57.7 Å². The number of amides is 1. The predicted octanol–water partition coefficient (Wildman–Crippen LogP) is 4.00. The van der Waals surface area contributed by atoms with Crippen LogP contribution < -0.4 is 24.0 Å². The van der Waals surface area contributed by atoms with Gasteiger partial charge in [-0.2, -0.15) is 9.57 Å². The topological polar surface area (TPSA) is 151 Å². The van der Waals surface area contributed by atoms with Gasteiger partial charge in [-0.1, -0.05) is 12.1 Å². The number of piperazine rings is 1. The minimum absolute atomic E-state index is 0.00484. The molecule has 0 bridgehead atoms. The highest BCUT2D eigenvalue weighted by molar-refractivity contribution is 7.93. The van der Waals surface area contributed by atoms with E-state index in [0.29, 0.717) is 4.31 Å². The van der Waals surface area contributed by atoms with Crippen molar-refractivity contribution in [2.75, 3.05) is 48.6 Å². The van der Waals surface area contributed by atoms with Crippen LogP contribution in [0.25, 0.3) is 0 Å². The van der Waals surface area contributed by atoms with Crippen LogP contribution in [0.15, 0.2) is 90.0 Å². The van der Waals surface area contributed by atoms with Crippen LogP contribution in [0.1, 0.15) is 40.9 Å². The summed E-state index contributed by atoms with van der Waals surface area (Å²) in [6.45, 7) is 7.02. The van der Waals surface area contributed by atoms with E-state index < -0.39 is 27.5 Å². The molecule has 1 amide bonds. The fourth-order valence-corrected chi connectivity index (χ4v) is 7.55. The van der Waals surface area contributed by atoms with Gasteiger partial charge < -0.3 is 24.4 Å². The van der Waals surface area contributed by atoms with Crippen molar-refractivity contribution < 1.29 is 32.2 Å². The van der Waals surface area contributed by atoms with Gasteiger partial charge in [-0.05, 0) is 80.6 Å². The van der Waals surface area contributed by atoms with Gasteiger partial charge in [0, 0.05) is 43.6 Å². The molecule has 13 heteroatoms. The predicted molar refractivity (Wildman–Crippen MR) is 177 cm³/mol. The van der Waals surface area contributed by atoms with E-state index in [1.54, 1.807) is 44.2 Å². The molecular formula is C35H33N5O7S. The van der Waals surface area contributed by atoms with Gasteiger partial charge in [0.1, 0.15) is 10.6 Å². The lowest BCUT2D eigenvalue weighted by Crippen LogP contribution is -2.47. The lowest BCUT2D eigenvalue weighted by molar-refractivity contribution is -0.132. The smallest absolute Gasteiger partial charge is 0.339 e. The maximum atomic E-state index is 15.0. The van der Waals surface area contributed by atoms with Gasteiger partial charge in [0.25, 0.3) is 15.9 Å². The van der Waals surface area contributed by atoms with E-state index in [1.807, 2.05) is 6.07 Å². The second kappa shape index (κ2) is 13.3. The number of carbonyl (C=O) groups excluding carboxylic acids is 2. The molecule has 3 heterocycles. The van der Waals surface area contributed by atoms with Gasteiger partial charge in [0.15, 0.2) is 0 Å². The molecule has 0 radical (unpaired) electrons. The van der Waals surface area contributed by atoms with Crippen LogP contribution in [-0.2, 0) is 25.2 Å². The zero-order valence-corrected chi connectivity index (χ0v) is 27.2. The number of fused-ring (bicyclic) bond motifs is 1. The van der Waals surface area contributed by atoms with E-state index in [2.05, 4.69) is 15.2 Å². The largest absolute Gasteiger partial charge is 0.492 e. The van der Waals surface area contributed by atoms with Crippen molar-refractivity contribution in [1.29, 1.82) is 5.26 Å². The summed E-state index contributed by atoms with van der Waals surface area (Å²) in [5.41, 5.74) is -1.40. The Hall–Kier alpha value is -5.45. The molecule has 6 rings (SSSR count). The quantitative estimate of drug-likeness (QED) is 0.245. The first-order valence-corrected chi connectivity index (χ1v) is 16.9. The zero-order chi connectivity index (χ0) is 33.9. The minimum atomic E-state index is -4.68. The van der Waals surface area contributed by atoms with Crippen LogP contribution in [0, 0.1) is 11.3 Å². The molecule has 1 N–H and O–H groups in total. The van der Waals surface area contributed by atoms with Crippen LogP contribution in [0.3, 0.4) is 0 Å². The molecule has 246 valence electrons. The summed E-state index contributed by atoms with van der Waals surface area (Å²) in [5, 5.41) is 13.2. The number of nitriles is 1. The molecule has 3 aromatic carbocycles. The van der Waals surface area contributed by atoms with Crippen molar-refractivity contribution in [3.8, 4) is 17.7 Å². The number of rotatable bonds is 10. The lowest BCUT2D eigenvalue weighted by Gasteiger charge is -2.30. The summed E-state index contributed by atoms with van der Waals surface area (Å²) in [4.78, 5) is 35.3. The number of para-hydroxylation sites is 1. The van der Waals surface area contributed by atoms with Crippen LogP contribution in [0.5, 0.6) is 11.6 Å².